The van der Waals surface area contributed by atoms with Crippen molar-refractivity contribution >= 4 is 60.5 Å². The first kappa shape index (κ1) is 28.4. The van der Waals surface area contributed by atoms with E-state index in [-0.39, 0.29) is 54.7 Å². The van der Waals surface area contributed by atoms with Crippen molar-refractivity contribution in [3.05, 3.63) is 23.8 Å². The van der Waals surface area contributed by atoms with E-state index < -0.39 is 11.5 Å². The maximum Gasteiger partial charge on any atom is 2.00 e. The second-order valence-electron chi connectivity index (χ2n) is 6.01. The Morgan fingerprint density at radius 2 is 1.83 bits per heavy atom. The summed E-state index contributed by atoms with van der Waals surface area (Å²) in [5.74, 6) is -0.487. The van der Waals surface area contributed by atoms with Crippen molar-refractivity contribution in [1.82, 2.24) is 0 Å². The van der Waals surface area contributed by atoms with Crippen molar-refractivity contribution in [2.24, 2.45) is 4.99 Å². The summed E-state index contributed by atoms with van der Waals surface area (Å²) in [6, 6.07) is 4.82. The van der Waals surface area contributed by atoms with Gasteiger partial charge in [0.1, 0.15) is 28.7 Å². The molecule has 0 amide bonds. The number of carbonyl (C=O) groups is 1. The second kappa shape index (κ2) is 14.4. The van der Waals surface area contributed by atoms with Crippen LogP contribution in [0.3, 0.4) is 0 Å². The Balaban J connectivity index is 0.00000392. The molecule has 29 heavy (non-hydrogen) atoms. The Kier molecular flexibility index (Phi) is 14.1. The molecule has 0 saturated carbocycles. The number of nitrogens with zero attached hydrogens (tertiary/aromatic N) is 1. The number of ether oxygens (including phenoxy) is 4. The number of phenolic OH excluding ortho intramolecular Hbond substituents is 1. The zero-order valence-corrected chi connectivity index (χ0v) is 19.6. The van der Waals surface area contributed by atoms with Gasteiger partial charge in [-0.05, 0) is 19.1 Å². The zero-order valence-electron chi connectivity index (χ0n) is 16.6. The number of thioether (sulfide) groups is 1. The van der Waals surface area contributed by atoms with E-state index in [0.29, 0.717) is 56.0 Å². The number of carbonyl (C=O) groups excluding carboxylic acids is 1. The molecular weight excluding hydrogens is 430 g/mol. The molecule has 0 unspecified atom stereocenters. The number of carboxylic acid groups (broad SMARTS) is 1. The number of carboxylic acids is 1. The van der Waals surface area contributed by atoms with Crippen LogP contribution in [0.4, 0.5) is 0 Å². The molecule has 1 aromatic rings. The quantitative estimate of drug-likeness (QED) is 0.338. The molecule has 0 radical (unpaired) electrons. The molecule has 0 aromatic heterocycles. The van der Waals surface area contributed by atoms with Gasteiger partial charge in [0.25, 0.3) is 0 Å². The van der Waals surface area contributed by atoms with Crippen LogP contribution in [0.1, 0.15) is 12.5 Å². The summed E-state index contributed by atoms with van der Waals surface area (Å²) in [7, 11) is 1.62. The predicted octanol–water partition coefficient (Wildman–Crippen LogP) is -0.105. The van der Waals surface area contributed by atoms with E-state index in [1.54, 1.807) is 19.2 Å². The molecule has 2 rings (SSSR count). The van der Waals surface area contributed by atoms with Crippen LogP contribution in [-0.2, 0) is 19.0 Å². The van der Waals surface area contributed by atoms with Gasteiger partial charge in [-0.1, -0.05) is 0 Å². The van der Waals surface area contributed by atoms with E-state index in [4.69, 9.17) is 18.9 Å². The van der Waals surface area contributed by atoms with Crippen LogP contribution in [0.15, 0.2) is 23.2 Å². The monoisotopic (exact) mass is 455 g/mol. The Morgan fingerprint density at radius 3 is 2.38 bits per heavy atom. The third-order valence-electron chi connectivity index (χ3n) is 3.78. The number of phenols is 1. The Bertz CT molecular complexity index is 675. The van der Waals surface area contributed by atoms with Crippen LogP contribution in [0.25, 0.3) is 0 Å². The van der Waals surface area contributed by atoms with Crippen LogP contribution >= 0.6 is 11.8 Å². The summed E-state index contributed by atoms with van der Waals surface area (Å²) in [4.78, 5) is 15.3. The van der Waals surface area contributed by atoms with Gasteiger partial charge in [-0.25, -0.2) is 0 Å². The van der Waals surface area contributed by atoms with Gasteiger partial charge in [0, 0.05) is 24.5 Å². The van der Waals surface area contributed by atoms with E-state index in [1.807, 2.05) is 0 Å². The maximum absolute atomic E-state index is 11.2. The third-order valence-corrected chi connectivity index (χ3v) is 5.07. The first-order chi connectivity index (χ1) is 13.0. The van der Waals surface area contributed by atoms with Crippen LogP contribution in [0.2, 0.25) is 0 Å². The fraction of sp³-hybridized carbons (Fsp3) is 0.556. The zero-order chi connectivity index (χ0) is 19.7. The van der Waals surface area contributed by atoms with Crippen LogP contribution in [0.5, 0.6) is 11.5 Å². The molecule has 1 heterocycles. The average molecular weight is 456 g/mol. The smallest absolute Gasteiger partial charge is 0.870 e. The van der Waals surface area contributed by atoms with Crippen LogP contribution < -0.4 is 9.84 Å². The van der Waals surface area contributed by atoms with Crippen molar-refractivity contribution < 1.29 is 39.4 Å². The average Bonchev–Trinajstić information content (AvgIpc) is 3.04. The molecular formula is C18H25CaNO8S. The van der Waals surface area contributed by atoms with E-state index in [2.05, 4.69) is 4.99 Å². The van der Waals surface area contributed by atoms with Gasteiger partial charge in [0.15, 0.2) is 0 Å². The molecule has 9 nitrogen and oxygen atoms in total. The van der Waals surface area contributed by atoms with Gasteiger partial charge in [0.05, 0.1) is 39.0 Å². The molecule has 0 spiro atoms. The molecule has 0 saturated heterocycles. The maximum atomic E-state index is 11.2. The Morgan fingerprint density at radius 1 is 1.21 bits per heavy atom. The van der Waals surface area contributed by atoms with Crippen molar-refractivity contribution in [2.45, 2.75) is 12.5 Å². The van der Waals surface area contributed by atoms with Crippen molar-refractivity contribution in [3.63, 3.8) is 0 Å². The Hall–Kier alpha value is -0.590. The second-order valence-corrected chi connectivity index (χ2v) is 6.98. The van der Waals surface area contributed by atoms with Crippen molar-refractivity contribution in [3.8, 4) is 11.5 Å². The Labute approximate surface area is 204 Å². The van der Waals surface area contributed by atoms with Crippen LogP contribution in [0, 0.1) is 0 Å². The summed E-state index contributed by atoms with van der Waals surface area (Å²) in [6.07, 6.45) is 0. The molecule has 1 aliphatic rings. The number of benzene rings is 1. The minimum absolute atomic E-state index is 0. The topological polar surface area (TPSA) is 140 Å². The molecule has 1 aliphatic heterocycles. The summed E-state index contributed by atoms with van der Waals surface area (Å²) in [5, 5.41) is 21.8. The SMILES string of the molecule is COCCOCCOCCOc1ccc(C2=N[C@@](C)(C(=O)[O-])CS2)c(O)c1.[Ca+2].[OH-]. The fourth-order valence-electron chi connectivity index (χ4n) is 2.20. The molecule has 2 N–H and O–H groups in total. The number of rotatable bonds is 12. The van der Waals surface area contributed by atoms with Crippen molar-refractivity contribution in [2.75, 3.05) is 52.5 Å². The number of methoxy groups -OCH3 is 1. The number of aliphatic imine (C=N–C) groups is 1. The number of aromatic hydroxyl groups is 1. The fourth-order valence-corrected chi connectivity index (χ4v) is 3.40. The van der Waals surface area contributed by atoms with Crippen molar-refractivity contribution in [1.29, 1.82) is 0 Å². The molecule has 0 aliphatic carbocycles. The van der Waals surface area contributed by atoms with Gasteiger partial charge in [-0.2, -0.15) is 0 Å². The number of hydrogen-bond donors (Lipinski definition) is 1. The predicted molar refractivity (Wildman–Crippen MR) is 107 cm³/mol. The molecule has 11 heteroatoms. The van der Waals surface area contributed by atoms with E-state index in [1.165, 1.54) is 24.8 Å². The minimum Gasteiger partial charge on any atom is -0.870 e. The summed E-state index contributed by atoms with van der Waals surface area (Å²) in [5.41, 5.74) is -0.798. The van der Waals surface area contributed by atoms with E-state index >= 15 is 0 Å². The molecule has 1 atom stereocenters. The summed E-state index contributed by atoms with van der Waals surface area (Å²) >= 11 is 1.27. The minimum atomic E-state index is -1.27. The van der Waals surface area contributed by atoms with E-state index in [0.717, 1.165) is 0 Å². The first-order valence-electron chi connectivity index (χ1n) is 8.51. The standard InChI is InChI=1S/C18H25NO7S.Ca.H2O/c1-18(17(21)22)12-27-16(19-18)14-4-3-13(11-15(14)20)26-10-9-25-8-7-24-6-5-23-2;;/h3-4,11,20H,5-10,12H2,1-2H3,(H,21,22);;1H2/q;+2;/p-2/t18-;;/m1../s1. The summed E-state index contributed by atoms with van der Waals surface area (Å²) < 4.78 is 21.0. The molecule has 0 fully saturated rings. The van der Waals surface area contributed by atoms with Gasteiger partial charge in [0.2, 0.25) is 0 Å². The largest absolute Gasteiger partial charge is 2.00 e. The van der Waals surface area contributed by atoms with Gasteiger partial charge >= 0.3 is 37.7 Å². The van der Waals surface area contributed by atoms with Crippen LogP contribution in [-0.4, -0.2) is 117 Å². The molecule has 158 valence electrons. The normalized spacial score (nSPS) is 17.8. The van der Waals surface area contributed by atoms with E-state index in [9.17, 15) is 15.0 Å². The first-order valence-corrected chi connectivity index (χ1v) is 9.49. The molecule has 1 aromatic carbocycles. The van der Waals surface area contributed by atoms with Gasteiger partial charge < -0.3 is 39.4 Å². The molecule has 0 bridgehead atoms. The summed E-state index contributed by atoms with van der Waals surface area (Å²) in [6.45, 7) is 4.26. The van der Waals surface area contributed by atoms with Gasteiger partial charge in [-0.3, -0.25) is 4.99 Å². The number of aliphatic carboxylic acids is 1. The van der Waals surface area contributed by atoms with Gasteiger partial charge in [-0.15, -0.1) is 11.8 Å². The third kappa shape index (κ3) is 8.97. The number of hydrogen-bond acceptors (Lipinski definition) is 10.